The summed E-state index contributed by atoms with van der Waals surface area (Å²) in [6, 6.07) is 14.2. The summed E-state index contributed by atoms with van der Waals surface area (Å²) in [7, 11) is -3.92. The second kappa shape index (κ2) is 9.50. The monoisotopic (exact) mass is 522 g/mol. The van der Waals surface area contributed by atoms with Gasteiger partial charge in [-0.25, -0.2) is 17.8 Å². The molecule has 0 atom stereocenters. The van der Waals surface area contributed by atoms with Crippen LogP contribution in [0.3, 0.4) is 0 Å². The lowest BCUT2D eigenvalue weighted by atomic mass is 10.2. The minimum absolute atomic E-state index is 0.0444. The highest BCUT2D eigenvalue weighted by Gasteiger charge is 2.29. The van der Waals surface area contributed by atoms with Crippen LogP contribution in [0, 0.1) is 0 Å². The highest BCUT2D eigenvalue weighted by molar-refractivity contribution is 8.00. The van der Waals surface area contributed by atoms with E-state index in [1.165, 1.54) is 54.9 Å². The van der Waals surface area contributed by atoms with Crippen LogP contribution in [0.15, 0.2) is 93.8 Å². The van der Waals surface area contributed by atoms with Gasteiger partial charge in [0.15, 0.2) is 0 Å². The van der Waals surface area contributed by atoms with Gasteiger partial charge in [0.05, 0.1) is 35.2 Å². The molecule has 0 amide bonds. The summed E-state index contributed by atoms with van der Waals surface area (Å²) in [5.41, 5.74) is -4.42. The van der Waals surface area contributed by atoms with E-state index >= 15 is 0 Å². The number of alkyl halides is 3. The first kappa shape index (κ1) is 24.4. The molecular formula is C22H17F3N4O4S2. The summed E-state index contributed by atoms with van der Waals surface area (Å²) in [6.07, 6.45) is 3.87. The number of sulfonamides is 1. The van der Waals surface area contributed by atoms with Crippen molar-refractivity contribution >= 4 is 27.5 Å². The zero-order valence-corrected chi connectivity index (χ0v) is 19.3. The van der Waals surface area contributed by atoms with Crippen LogP contribution in [0.25, 0.3) is 5.69 Å². The molecule has 0 fully saturated rings. The van der Waals surface area contributed by atoms with Gasteiger partial charge < -0.3 is 5.11 Å². The standard InChI is InChI=1S/C22H17F3N4O4S2/c23-22(24,25)34-17-8-6-16(7-9-17)29-20(30)14-28(21(29)31)13-15-10-11-26-12-19(15)27-35(32,33)18-4-2-1-3-5-18/h1-12,14,27,30H,13H2. The van der Waals surface area contributed by atoms with Crippen LogP contribution in [0.1, 0.15) is 5.56 Å². The Hall–Kier alpha value is -3.71. The van der Waals surface area contributed by atoms with Crippen LogP contribution in [-0.4, -0.2) is 33.2 Å². The number of aromatic nitrogens is 3. The van der Waals surface area contributed by atoms with Gasteiger partial charge in [-0.15, -0.1) is 0 Å². The van der Waals surface area contributed by atoms with E-state index < -0.39 is 27.1 Å². The van der Waals surface area contributed by atoms with Gasteiger partial charge in [0.1, 0.15) is 0 Å². The van der Waals surface area contributed by atoms with Gasteiger partial charge >= 0.3 is 11.2 Å². The average molecular weight is 523 g/mol. The van der Waals surface area contributed by atoms with Crippen LogP contribution < -0.4 is 10.4 Å². The molecule has 0 aliphatic carbocycles. The number of anilines is 1. The predicted molar refractivity (Wildman–Crippen MR) is 124 cm³/mol. The van der Waals surface area contributed by atoms with Gasteiger partial charge in [0.25, 0.3) is 10.0 Å². The number of halogens is 3. The van der Waals surface area contributed by atoms with Crippen LogP contribution in [0.4, 0.5) is 18.9 Å². The lowest BCUT2D eigenvalue weighted by Gasteiger charge is -2.12. The molecule has 0 spiro atoms. The molecule has 2 aromatic carbocycles. The molecule has 0 aliphatic rings. The summed E-state index contributed by atoms with van der Waals surface area (Å²) in [4.78, 5) is 16.9. The summed E-state index contributed by atoms with van der Waals surface area (Å²) < 4.78 is 67.6. The Balaban J connectivity index is 1.61. The van der Waals surface area contributed by atoms with Crippen molar-refractivity contribution in [3.63, 3.8) is 0 Å². The molecule has 4 rings (SSSR count). The second-order valence-electron chi connectivity index (χ2n) is 7.23. The fraction of sp³-hybridized carbons (Fsp3) is 0.0909. The van der Waals surface area contributed by atoms with E-state index in [9.17, 15) is 31.5 Å². The Bertz CT molecular complexity index is 1500. The van der Waals surface area contributed by atoms with Crippen molar-refractivity contribution in [2.24, 2.45) is 0 Å². The fourth-order valence-electron chi connectivity index (χ4n) is 3.27. The van der Waals surface area contributed by atoms with Crippen molar-refractivity contribution in [2.45, 2.75) is 21.8 Å². The first-order valence-electron chi connectivity index (χ1n) is 9.91. The van der Waals surface area contributed by atoms with E-state index in [1.54, 1.807) is 18.2 Å². The number of thioether (sulfide) groups is 1. The summed E-state index contributed by atoms with van der Waals surface area (Å²) in [5, 5.41) is 10.3. The quantitative estimate of drug-likeness (QED) is 0.353. The molecular weight excluding hydrogens is 505 g/mol. The van der Waals surface area contributed by atoms with Crippen molar-refractivity contribution in [2.75, 3.05) is 4.72 Å². The minimum atomic E-state index is -4.45. The normalized spacial score (nSPS) is 12.0. The number of imidazole rings is 1. The van der Waals surface area contributed by atoms with E-state index in [0.717, 1.165) is 15.3 Å². The van der Waals surface area contributed by atoms with Gasteiger partial charge in [0, 0.05) is 11.1 Å². The number of nitrogens with zero attached hydrogens (tertiary/aromatic N) is 3. The molecule has 2 heterocycles. The van der Waals surface area contributed by atoms with Crippen molar-refractivity contribution < 1.29 is 26.7 Å². The van der Waals surface area contributed by atoms with Crippen LogP contribution >= 0.6 is 11.8 Å². The maximum Gasteiger partial charge on any atom is 0.446 e. The van der Waals surface area contributed by atoms with Crippen LogP contribution in [-0.2, 0) is 16.6 Å². The maximum absolute atomic E-state index is 13.0. The molecule has 8 nitrogen and oxygen atoms in total. The third-order valence-corrected chi connectivity index (χ3v) is 6.94. The Kier molecular flexibility index (Phi) is 6.63. The smallest absolute Gasteiger partial charge is 0.446 e. The van der Waals surface area contributed by atoms with E-state index in [2.05, 4.69) is 9.71 Å². The third-order valence-electron chi connectivity index (χ3n) is 4.82. The Morgan fingerprint density at radius 2 is 1.71 bits per heavy atom. The average Bonchev–Trinajstić information content (AvgIpc) is 3.08. The van der Waals surface area contributed by atoms with Crippen LogP contribution in [0.2, 0.25) is 0 Å². The predicted octanol–water partition coefficient (Wildman–Crippen LogP) is 4.20. The van der Waals surface area contributed by atoms with Gasteiger partial charge in [-0.3, -0.25) is 14.3 Å². The molecule has 0 aliphatic heterocycles. The lowest BCUT2D eigenvalue weighted by Crippen LogP contribution is -2.24. The molecule has 2 aromatic heterocycles. The lowest BCUT2D eigenvalue weighted by molar-refractivity contribution is -0.0328. The molecule has 182 valence electrons. The topological polar surface area (TPSA) is 106 Å². The van der Waals surface area contributed by atoms with E-state index in [-0.39, 0.29) is 39.5 Å². The number of rotatable bonds is 7. The molecule has 0 saturated carbocycles. The third kappa shape index (κ3) is 5.69. The minimum Gasteiger partial charge on any atom is -0.493 e. The second-order valence-corrected chi connectivity index (χ2v) is 10.0. The number of benzene rings is 2. The SMILES string of the molecule is O=c1n(Cc2ccncc2NS(=O)(=O)c2ccccc2)cc(O)n1-c1ccc(SC(F)(F)F)cc1. The summed E-state index contributed by atoms with van der Waals surface area (Å²) in [6.45, 7) is -0.115. The van der Waals surface area contributed by atoms with Gasteiger partial charge in [-0.2, -0.15) is 13.2 Å². The van der Waals surface area contributed by atoms with Gasteiger partial charge in [0.2, 0.25) is 5.88 Å². The van der Waals surface area contributed by atoms with Crippen molar-refractivity contribution in [1.29, 1.82) is 0 Å². The molecule has 35 heavy (non-hydrogen) atoms. The van der Waals surface area contributed by atoms with Crippen molar-refractivity contribution in [1.82, 2.24) is 14.1 Å². The highest BCUT2D eigenvalue weighted by Crippen LogP contribution is 2.37. The van der Waals surface area contributed by atoms with Gasteiger partial charge in [-0.1, -0.05) is 18.2 Å². The van der Waals surface area contributed by atoms with Crippen LogP contribution in [0.5, 0.6) is 5.88 Å². The maximum atomic E-state index is 13.0. The van der Waals surface area contributed by atoms with Crippen molar-refractivity contribution in [3.05, 3.63) is 95.3 Å². The first-order chi connectivity index (χ1) is 16.5. The molecule has 4 aromatic rings. The highest BCUT2D eigenvalue weighted by atomic mass is 32.2. The molecule has 2 N–H and O–H groups in total. The number of aromatic hydroxyl groups is 1. The summed E-state index contributed by atoms with van der Waals surface area (Å²) >= 11 is -0.293. The zero-order valence-electron chi connectivity index (χ0n) is 17.7. The number of pyridine rings is 1. The Morgan fingerprint density at radius 3 is 2.37 bits per heavy atom. The molecule has 0 unspecified atom stereocenters. The number of nitrogens with one attached hydrogen (secondary N) is 1. The zero-order chi connectivity index (χ0) is 25.2. The summed E-state index contributed by atoms with van der Waals surface area (Å²) in [5.74, 6) is -0.438. The first-order valence-corrected chi connectivity index (χ1v) is 12.2. The molecule has 0 saturated heterocycles. The number of hydrogen-bond acceptors (Lipinski definition) is 6. The molecule has 0 radical (unpaired) electrons. The van der Waals surface area contributed by atoms with E-state index in [4.69, 9.17) is 0 Å². The number of hydrogen-bond donors (Lipinski definition) is 2. The van der Waals surface area contributed by atoms with Crippen molar-refractivity contribution in [3.8, 4) is 11.6 Å². The molecule has 13 heteroatoms. The van der Waals surface area contributed by atoms with E-state index in [0.29, 0.717) is 5.56 Å². The largest absolute Gasteiger partial charge is 0.493 e. The Labute approximate surface area is 201 Å². The van der Waals surface area contributed by atoms with E-state index in [1.807, 2.05) is 0 Å². The molecule has 0 bridgehead atoms. The van der Waals surface area contributed by atoms with Gasteiger partial charge in [-0.05, 0) is 59.8 Å². The Morgan fingerprint density at radius 1 is 1.03 bits per heavy atom. The fourth-order valence-corrected chi connectivity index (χ4v) is 4.92.